The molecule has 1 aliphatic rings. The van der Waals surface area contributed by atoms with Crippen LogP contribution < -0.4 is 4.90 Å². The van der Waals surface area contributed by atoms with Gasteiger partial charge in [-0.1, -0.05) is 12.1 Å². The summed E-state index contributed by atoms with van der Waals surface area (Å²) in [6, 6.07) is 11.6. The van der Waals surface area contributed by atoms with Crippen LogP contribution >= 0.6 is 0 Å². The summed E-state index contributed by atoms with van der Waals surface area (Å²) >= 11 is 0. The zero-order valence-electron chi connectivity index (χ0n) is 14.5. The van der Waals surface area contributed by atoms with Crippen molar-refractivity contribution in [1.29, 1.82) is 0 Å². The SMILES string of the molecule is CCn1nc(-c2ccco2)nc1-c1ccccc1N1CCS(=O)(=O)CC1. The third kappa shape index (κ3) is 3.12. The number of furan rings is 1. The molecule has 8 heteroatoms. The summed E-state index contributed by atoms with van der Waals surface area (Å²) in [5.41, 5.74) is 1.93. The predicted molar refractivity (Wildman–Crippen MR) is 99.7 cm³/mol. The summed E-state index contributed by atoms with van der Waals surface area (Å²) in [6.45, 7) is 3.67. The van der Waals surface area contributed by atoms with Crippen molar-refractivity contribution in [2.45, 2.75) is 13.5 Å². The van der Waals surface area contributed by atoms with Crippen LogP contribution in [0, 0.1) is 0 Å². The van der Waals surface area contributed by atoms with Gasteiger partial charge in [0.15, 0.2) is 21.4 Å². The molecule has 1 aliphatic heterocycles. The van der Waals surface area contributed by atoms with Gasteiger partial charge in [0.2, 0.25) is 5.82 Å². The van der Waals surface area contributed by atoms with E-state index >= 15 is 0 Å². The number of rotatable bonds is 4. The van der Waals surface area contributed by atoms with Crippen LogP contribution in [0.25, 0.3) is 23.0 Å². The fourth-order valence-corrected chi connectivity index (χ4v) is 4.37. The Bertz CT molecular complexity index is 995. The number of anilines is 1. The van der Waals surface area contributed by atoms with Crippen LogP contribution in [0.4, 0.5) is 5.69 Å². The first kappa shape index (κ1) is 16.8. The molecule has 136 valence electrons. The molecule has 0 saturated carbocycles. The van der Waals surface area contributed by atoms with Gasteiger partial charge in [-0.2, -0.15) is 0 Å². The molecule has 1 fully saturated rings. The Hall–Kier alpha value is -2.61. The number of aryl methyl sites for hydroxylation is 1. The van der Waals surface area contributed by atoms with Crippen molar-refractivity contribution in [1.82, 2.24) is 14.8 Å². The number of para-hydroxylation sites is 1. The van der Waals surface area contributed by atoms with Gasteiger partial charge in [-0.25, -0.2) is 18.1 Å². The Labute approximate surface area is 152 Å². The van der Waals surface area contributed by atoms with E-state index in [2.05, 4.69) is 10.00 Å². The monoisotopic (exact) mass is 372 g/mol. The lowest BCUT2D eigenvalue weighted by atomic mass is 10.1. The van der Waals surface area contributed by atoms with Crippen LogP contribution in [-0.4, -0.2) is 47.8 Å². The smallest absolute Gasteiger partial charge is 0.217 e. The lowest BCUT2D eigenvalue weighted by Gasteiger charge is -2.30. The third-order valence-corrected chi connectivity index (χ3v) is 6.15. The topological polar surface area (TPSA) is 81.2 Å². The maximum Gasteiger partial charge on any atom is 0.217 e. The van der Waals surface area contributed by atoms with Gasteiger partial charge in [0.05, 0.1) is 17.8 Å². The molecule has 0 N–H and O–H groups in total. The van der Waals surface area contributed by atoms with Crippen molar-refractivity contribution in [2.75, 3.05) is 29.5 Å². The molecule has 0 aliphatic carbocycles. The number of benzene rings is 1. The van der Waals surface area contributed by atoms with Crippen molar-refractivity contribution in [2.24, 2.45) is 0 Å². The largest absolute Gasteiger partial charge is 0.461 e. The Morgan fingerprint density at radius 3 is 2.58 bits per heavy atom. The minimum atomic E-state index is -2.93. The highest BCUT2D eigenvalue weighted by Gasteiger charge is 2.25. The fourth-order valence-electron chi connectivity index (χ4n) is 3.16. The Morgan fingerprint density at radius 1 is 1.12 bits per heavy atom. The Morgan fingerprint density at radius 2 is 1.88 bits per heavy atom. The number of aromatic nitrogens is 3. The highest BCUT2D eigenvalue weighted by Crippen LogP contribution is 2.32. The summed E-state index contributed by atoms with van der Waals surface area (Å²) in [4.78, 5) is 6.80. The van der Waals surface area contributed by atoms with Crippen LogP contribution in [0.1, 0.15) is 6.92 Å². The summed E-state index contributed by atoms with van der Waals surface area (Å²) in [5.74, 6) is 2.28. The maximum atomic E-state index is 11.8. The van der Waals surface area contributed by atoms with E-state index in [0.29, 0.717) is 31.2 Å². The first-order valence-electron chi connectivity index (χ1n) is 8.61. The van der Waals surface area contributed by atoms with E-state index in [1.807, 2.05) is 48.0 Å². The zero-order chi connectivity index (χ0) is 18.1. The number of hydrogen-bond donors (Lipinski definition) is 0. The lowest BCUT2D eigenvalue weighted by molar-refractivity contribution is 0.574. The molecule has 0 atom stereocenters. The first-order chi connectivity index (χ1) is 12.6. The Balaban J connectivity index is 1.75. The summed E-state index contributed by atoms with van der Waals surface area (Å²) in [5, 5.41) is 4.55. The standard InChI is InChI=1S/C18H20N4O3S/c1-2-22-18(19-17(20-22)16-8-5-11-25-16)14-6-3-4-7-15(14)21-9-12-26(23,24)13-10-21/h3-8,11H,2,9-10,12-13H2,1H3. The molecule has 0 spiro atoms. The average Bonchev–Trinajstić information content (AvgIpc) is 3.31. The van der Waals surface area contributed by atoms with E-state index in [1.54, 1.807) is 6.26 Å². The molecule has 0 bridgehead atoms. The molecular formula is C18H20N4O3S. The third-order valence-electron chi connectivity index (χ3n) is 4.54. The molecule has 1 saturated heterocycles. The lowest BCUT2D eigenvalue weighted by Crippen LogP contribution is -2.40. The molecule has 2 aromatic heterocycles. The van der Waals surface area contributed by atoms with Crippen molar-refractivity contribution < 1.29 is 12.8 Å². The van der Waals surface area contributed by atoms with Gasteiger partial charge in [-0.05, 0) is 31.2 Å². The zero-order valence-corrected chi connectivity index (χ0v) is 15.3. The highest BCUT2D eigenvalue weighted by atomic mass is 32.2. The van der Waals surface area contributed by atoms with E-state index in [1.165, 1.54) is 0 Å². The van der Waals surface area contributed by atoms with E-state index in [-0.39, 0.29) is 11.5 Å². The molecule has 0 radical (unpaired) electrons. The van der Waals surface area contributed by atoms with Crippen LogP contribution in [0.15, 0.2) is 47.1 Å². The average molecular weight is 372 g/mol. The number of nitrogens with zero attached hydrogens (tertiary/aromatic N) is 4. The molecule has 3 aromatic rings. The first-order valence-corrected chi connectivity index (χ1v) is 10.4. The molecule has 0 amide bonds. The van der Waals surface area contributed by atoms with Crippen molar-refractivity contribution >= 4 is 15.5 Å². The molecule has 3 heterocycles. The Kier molecular flexibility index (Phi) is 4.28. The van der Waals surface area contributed by atoms with Crippen LogP contribution in [0.3, 0.4) is 0 Å². The van der Waals surface area contributed by atoms with Gasteiger partial charge < -0.3 is 9.32 Å². The molecule has 26 heavy (non-hydrogen) atoms. The van der Waals surface area contributed by atoms with Gasteiger partial charge in [0.25, 0.3) is 0 Å². The van der Waals surface area contributed by atoms with Gasteiger partial charge in [0.1, 0.15) is 0 Å². The van der Waals surface area contributed by atoms with Crippen LogP contribution in [0.5, 0.6) is 0 Å². The van der Waals surface area contributed by atoms with Crippen molar-refractivity contribution in [3.63, 3.8) is 0 Å². The summed E-state index contributed by atoms with van der Waals surface area (Å²) < 4.78 is 30.8. The number of hydrogen-bond acceptors (Lipinski definition) is 6. The van der Waals surface area contributed by atoms with Gasteiger partial charge in [0, 0.05) is 30.9 Å². The second-order valence-electron chi connectivity index (χ2n) is 6.21. The normalized spacial score (nSPS) is 16.7. The molecular weight excluding hydrogens is 352 g/mol. The van der Waals surface area contributed by atoms with Gasteiger partial charge in [-0.3, -0.25) is 0 Å². The second-order valence-corrected chi connectivity index (χ2v) is 8.51. The second kappa shape index (κ2) is 6.60. The van der Waals surface area contributed by atoms with Gasteiger partial charge in [-0.15, -0.1) is 5.10 Å². The predicted octanol–water partition coefficient (Wildman–Crippen LogP) is 2.46. The summed E-state index contributed by atoms with van der Waals surface area (Å²) in [6.07, 6.45) is 1.60. The quantitative estimate of drug-likeness (QED) is 0.700. The van der Waals surface area contributed by atoms with E-state index in [0.717, 1.165) is 17.1 Å². The van der Waals surface area contributed by atoms with Gasteiger partial charge >= 0.3 is 0 Å². The minimum Gasteiger partial charge on any atom is -0.461 e. The molecule has 4 rings (SSSR count). The molecule has 7 nitrogen and oxygen atoms in total. The van der Waals surface area contributed by atoms with Crippen molar-refractivity contribution in [3.8, 4) is 23.0 Å². The van der Waals surface area contributed by atoms with Crippen LogP contribution in [0.2, 0.25) is 0 Å². The highest BCUT2D eigenvalue weighted by molar-refractivity contribution is 7.91. The maximum absolute atomic E-state index is 11.8. The molecule has 1 aromatic carbocycles. The van der Waals surface area contributed by atoms with Crippen LogP contribution in [-0.2, 0) is 16.4 Å². The van der Waals surface area contributed by atoms with E-state index < -0.39 is 9.84 Å². The number of sulfone groups is 1. The molecule has 0 unspecified atom stereocenters. The van der Waals surface area contributed by atoms with E-state index in [9.17, 15) is 8.42 Å². The fraction of sp³-hybridized carbons (Fsp3) is 0.333. The van der Waals surface area contributed by atoms with E-state index in [4.69, 9.17) is 9.40 Å². The summed E-state index contributed by atoms with van der Waals surface area (Å²) in [7, 11) is -2.93. The van der Waals surface area contributed by atoms with Crippen molar-refractivity contribution in [3.05, 3.63) is 42.7 Å². The minimum absolute atomic E-state index is 0.180.